The Morgan fingerprint density at radius 1 is 1.07 bits per heavy atom. The van der Waals surface area contributed by atoms with Gasteiger partial charge >= 0.3 is 0 Å². The Hall–Kier alpha value is -2.86. The second-order valence-electron chi connectivity index (χ2n) is 7.20. The molecule has 0 bridgehead atoms. The Labute approximate surface area is 167 Å². The first-order valence-corrected chi connectivity index (χ1v) is 10.2. The molecule has 0 atom stereocenters. The molecule has 6 heteroatoms. The number of hydrogen-bond acceptors (Lipinski definition) is 4. The van der Waals surface area contributed by atoms with Gasteiger partial charge in [-0.1, -0.05) is 12.1 Å². The summed E-state index contributed by atoms with van der Waals surface area (Å²) in [5.74, 6) is -0.0370. The first-order chi connectivity index (χ1) is 13.4. The number of aryl methyl sites for hydroxylation is 3. The Morgan fingerprint density at radius 3 is 2.61 bits per heavy atom. The molecule has 0 aliphatic heterocycles. The molecule has 2 heterocycles. The summed E-state index contributed by atoms with van der Waals surface area (Å²) in [6.45, 7) is 4.09. The van der Waals surface area contributed by atoms with Crippen molar-refractivity contribution >= 4 is 28.2 Å². The molecule has 0 unspecified atom stereocenters. The maximum absolute atomic E-state index is 12.7. The first kappa shape index (κ1) is 18.5. The van der Waals surface area contributed by atoms with Crippen LogP contribution in [0.5, 0.6) is 0 Å². The van der Waals surface area contributed by atoms with Crippen LogP contribution in [-0.2, 0) is 12.8 Å². The smallest absolute Gasteiger partial charge is 0.292 e. The topological polar surface area (TPSA) is 85.3 Å². The van der Waals surface area contributed by atoms with Crippen LogP contribution in [-0.4, -0.2) is 11.8 Å². The fourth-order valence-electron chi connectivity index (χ4n) is 3.59. The van der Waals surface area contributed by atoms with Crippen LogP contribution in [0.25, 0.3) is 11.3 Å². The zero-order valence-electron chi connectivity index (χ0n) is 15.9. The summed E-state index contributed by atoms with van der Waals surface area (Å²) in [6, 6.07) is 9.47. The molecule has 4 rings (SSSR count). The summed E-state index contributed by atoms with van der Waals surface area (Å²) in [4.78, 5) is 25.8. The summed E-state index contributed by atoms with van der Waals surface area (Å²) in [5.41, 5.74) is 10.3. The monoisotopic (exact) mass is 394 g/mol. The van der Waals surface area contributed by atoms with Gasteiger partial charge in [-0.2, -0.15) is 0 Å². The van der Waals surface area contributed by atoms with Crippen LogP contribution in [0.3, 0.4) is 0 Å². The summed E-state index contributed by atoms with van der Waals surface area (Å²) >= 11 is 1.45. The maximum atomic E-state index is 12.7. The second kappa shape index (κ2) is 7.28. The zero-order valence-corrected chi connectivity index (χ0v) is 16.7. The molecular formula is C22H22N2O3S. The van der Waals surface area contributed by atoms with Crippen molar-refractivity contribution in [2.24, 2.45) is 5.73 Å². The molecule has 3 aromatic rings. The molecule has 3 N–H and O–H groups in total. The third-order valence-corrected chi connectivity index (χ3v) is 6.47. The van der Waals surface area contributed by atoms with Gasteiger partial charge in [-0.25, -0.2) is 0 Å². The van der Waals surface area contributed by atoms with Gasteiger partial charge < -0.3 is 15.5 Å². The Bertz CT molecular complexity index is 1080. The molecule has 28 heavy (non-hydrogen) atoms. The van der Waals surface area contributed by atoms with Crippen LogP contribution in [0.1, 0.15) is 55.3 Å². The lowest BCUT2D eigenvalue weighted by Gasteiger charge is -2.11. The third kappa shape index (κ3) is 3.36. The highest BCUT2D eigenvalue weighted by Gasteiger charge is 2.25. The molecule has 2 aromatic heterocycles. The number of nitrogens with one attached hydrogen (secondary N) is 1. The average Bonchev–Trinajstić information content (AvgIpc) is 3.28. The van der Waals surface area contributed by atoms with Gasteiger partial charge in [0.05, 0.1) is 5.56 Å². The van der Waals surface area contributed by atoms with E-state index in [1.165, 1.54) is 16.9 Å². The molecule has 2 amide bonds. The van der Waals surface area contributed by atoms with E-state index in [0.717, 1.165) is 47.3 Å². The number of hydrogen-bond donors (Lipinski definition) is 2. The van der Waals surface area contributed by atoms with E-state index in [4.69, 9.17) is 10.2 Å². The average molecular weight is 394 g/mol. The molecule has 0 saturated heterocycles. The zero-order chi connectivity index (χ0) is 19.8. The van der Waals surface area contributed by atoms with Crippen molar-refractivity contribution in [2.45, 2.75) is 39.5 Å². The van der Waals surface area contributed by atoms with Crippen molar-refractivity contribution in [3.63, 3.8) is 0 Å². The number of furan rings is 1. The number of primary amides is 1. The second-order valence-corrected chi connectivity index (χ2v) is 8.30. The van der Waals surface area contributed by atoms with Gasteiger partial charge in [0.15, 0.2) is 5.76 Å². The van der Waals surface area contributed by atoms with Crippen molar-refractivity contribution in [3.05, 3.63) is 63.2 Å². The normalized spacial score (nSPS) is 13.2. The lowest BCUT2D eigenvalue weighted by Crippen LogP contribution is -2.18. The molecule has 1 aliphatic carbocycles. The van der Waals surface area contributed by atoms with E-state index in [-0.39, 0.29) is 11.7 Å². The van der Waals surface area contributed by atoms with Gasteiger partial charge in [0.2, 0.25) is 0 Å². The van der Waals surface area contributed by atoms with Crippen LogP contribution >= 0.6 is 11.3 Å². The molecule has 0 fully saturated rings. The maximum Gasteiger partial charge on any atom is 0.292 e. The number of anilines is 1. The van der Waals surface area contributed by atoms with Crippen LogP contribution in [0.2, 0.25) is 0 Å². The number of carbonyl (C=O) groups excluding carboxylic acids is 2. The molecular weight excluding hydrogens is 372 g/mol. The van der Waals surface area contributed by atoms with E-state index in [1.54, 1.807) is 12.1 Å². The van der Waals surface area contributed by atoms with Crippen LogP contribution < -0.4 is 11.1 Å². The Kier molecular flexibility index (Phi) is 4.81. The predicted octanol–water partition coefficient (Wildman–Crippen LogP) is 4.85. The van der Waals surface area contributed by atoms with Gasteiger partial charge in [-0.3, -0.25) is 9.59 Å². The summed E-state index contributed by atoms with van der Waals surface area (Å²) in [5, 5.41) is 3.36. The van der Waals surface area contributed by atoms with E-state index >= 15 is 0 Å². The molecule has 0 saturated carbocycles. The highest BCUT2D eigenvalue weighted by molar-refractivity contribution is 7.17. The fourth-order valence-corrected chi connectivity index (χ4v) is 4.88. The molecule has 1 aliphatic rings. The lowest BCUT2D eigenvalue weighted by atomic mass is 9.95. The lowest BCUT2D eigenvalue weighted by molar-refractivity contribution is 0.0998. The third-order valence-electron chi connectivity index (χ3n) is 5.27. The number of fused-ring (bicyclic) bond motifs is 1. The number of carbonyl (C=O) groups is 2. The Balaban J connectivity index is 1.60. The van der Waals surface area contributed by atoms with E-state index in [0.29, 0.717) is 16.3 Å². The van der Waals surface area contributed by atoms with Gasteiger partial charge in [0.1, 0.15) is 10.8 Å². The SMILES string of the molecule is Cc1ccc(-c2ccc(C(=O)Nc3sc4c(c3C(N)=O)CCCC4)o2)cc1C. The quantitative estimate of drug-likeness (QED) is 0.663. The molecule has 5 nitrogen and oxygen atoms in total. The van der Waals surface area contributed by atoms with E-state index < -0.39 is 5.91 Å². The summed E-state index contributed by atoms with van der Waals surface area (Å²) in [6.07, 6.45) is 3.89. The van der Waals surface area contributed by atoms with Crippen molar-refractivity contribution in [1.29, 1.82) is 0 Å². The van der Waals surface area contributed by atoms with E-state index in [1.807, 2.05) is 25.1 Å². The predicted molar refractivity (Wildman–Crippen MR) is 111 cm³/mol. The van der Waals surface area contributed by atoms with Gasteiger partial charge in [-0.05, 0) is 74.4 Å². The fraction of sp³-hybridized carbons (Fsp3) is 0.273. The van der Waals surface area contributed by atoms with E-state index in [2.05, 4.69) is 12.2 Å². The van der Waals surface area contributed by atoms with Gasteiger partial charge in [0.25, 0.3) is 11.8 Å². The molecule has 144 valence electrons. The molecule has 0 spiro atoms. The largest absolute Gasteiger partial charge is 0.451 e. The number of benzene rings is 1. The number of rotatable bonds is 4. The van der Waals surface area contributed by atoms with Gasteiger partial charge in [-0.15, -0.1) is 11.3 Å². The number of nitrogens with two attached hydrogens (primary N) is 1. The minimum absolute atomic E-state index is 0.204. The van der Waals surface area contributed by atoms with Crippen LogP contribution in [0, 0.1) is 13.8 Å². The highest BCUT2D eigenvalue weighted by atomic mass is 32.1. The van der Waals surface area contributed by atoms with Crippen molar-refractivity contribution in [1.82, 2.24) is 0 Å². The Morgan fingerprint density at radius 2 is 1.86 bits per heavy atom. The minimum Gasteiger partial charge on any atom is -0.451 e. The van der Waals surface area contributed by atoms with Crippen molar-refractivity contribution < 1.29 is 14.0 Å². The molecule has 0 radical (unpaired) electrons. The first-order valence-electron chi connectivity index (χ1n) is 9.37. The van der Waals surface area contributed by atoms with Crippen molar-refractivity contribution in [3.8, 4) is 11.3 Å². The molecule has 1 aromatic carbocycles. The van der Waals surface area contributed by atoms with Crippen LogP contribution in [0.15, 0.2) is 34.7 Å². The van der Waals surface area contributed by atoms with Crippen LogP contribution in [0.4, 0.5) is 5.00 Å². The van der Waals surface area contributed by atoms with Crippen molar-refractivity contribution in [2.75, 3.05) is 5.32 Å². The number of thiophene rings is 1. The summed E-state index contributed by atoms with van der Waals surface area (Å²) in [7, 11) is 0. The standard InChI is InChI=1S/C22H22N2O3S/c1-12-7-8-14(11-13(12)2)16-9-10-17(27-16)21(26)24-22-19(20(23)25)15-5-3-4-6-18(15)28-22/h7-11H,3-6H2,1-2H3,(H2,23,25)(H,24,26). The number of amides is 2. The van der Waals surface area contributed by atoms with E-state index in [9.17, 15) is 9.59 Å². The minimum atomic E-state index is -0.495. The summed E-state index contributed by atoms with van der Waals surface area (Å²) < 4.78 is 5.78. The highest BCUT2D eigenvalue weighted by Crippen LogP contribution is 2.38. The van der Waals surface area contributed by atoms with Gasteiger partial charge in [0, 0.05) is 10.4 Å².